The Bertz CT molecular complexity index is 3110. The van der Waals surface area contributed by atoms with Gasteiger partial charge in [0.25, 0.3) is 0 Å². The van der Waals surface area contributed by atoms with E-state index in [1.165, 1.54) is 22.3 Å². The van der Waals surface area contributed by atoms with Gasteiger partial charge >= 0.3 is 0 Å². The topological polar surface area (TPSA) is 32.8 Å². The molecule has 4 heteroatoms. The van der Waals surface area contributed by atoms with Crippen molar-refractivity contribution in [2.24, 2.45) is 0 Å². The van der Waals surface area contributed by atoms with Crippen LogP contribution in [-0.4, -0.2) is 5.78 Å². The SMILES string of the molecule is C=Cc1ccccc1N(c1ccc(-c2cc(C(=O)C3=CC=C(C)CC3)c(-c3ccc(N4c5ccccc5Oc5ccccc54)cc3)cc2Cc2ccc(C)cc2)cc1)c1ccccc1C.CC. The van der Waals surface area contributed by atoms with E-state index in [4.69, 9.17) is 4.74 Å². The predicted molar refractivity (Wildman–Crippen MR) is 282 cm³/mol. The van der Waals surface area contributed by atoms with Crippen LogP contribution in [0.3, 0.4) is 0 Å². The molecule has 1 heterocycles. The van der Waals surface area contributed by atoms with Crippen LogP contribution in [0, 0.1) is 13.8 Å². The molecule has 1 aliphatic carbocycles. The molecule has 0 saturated heterocycles. The molecule has 4 nitrogen and oxygen atoms in total. The van der Waals surface area contributed by atoms with Crippen LogP contribution in [0.15, 0.2) is 212 Å². The van der Waals surface area contributed by atoms with Crippen molar-refractivity contribution in [3.05, 3.63) is 245 Å². The molecule has 0 unspecified atom stereocenters. The van der Waals surface area contributed by atoms with Crippen molar-refractivity contribution >= 4 is 46.0 Å². The number of nitrogens with zero attached hydrogens (tertiary/aromatic N) is 2. The second-order valence-corrected chi connectivity index (χ2v) is 17.1. The lowest BCUT2D eigenvalue weighted by Gasteiger charge is -2.32. The summed E-state index contributed by atoms with van der Waals surface area (Å²) in [6.07, 6.45) is 8.32. The normalized spacial score (nSPS) is 12.6. The van der Waals surface area contributed by atoms with E-state index < -0.39 is 0 Å². The average molecular weight is 873 g/mol. The van der Waals surface area contributed by atoms with Crippen molar-refractivity contribution in [2.75, 3.05) is 9.80 Å². The lowest BCUT2D eigenvalue weighted by atomic mass is 9.84. The van der Waals surface area contributed by atoms with Gasteiger partial charge in [0.1, 0.15) is 0 Å². The Morgan fingerprint density at radius 2 is 1.22 bits per heavy atom. The zero-order chi connectivity index (χ0) is 46.4. The first-order valence-corrected chi connectivity index (χ1v) is 23.4. The van der Waals surface area contributed by atoms with Gasteiger partial charge in [-0.2, -0.15) is 0 Å². The number of ketones is 1. The Morgan fingerprint density at radius 3 is 1.87 bits per heavy atom. The van der Waals surface area contributed by atoms with E-state index in [1.54, 1.807) is 0 Å². The van der Waals surface area contributed by atoms with Crippen molar-refractivity contribution in [3.63, 3.8) is 0 Å². The van der Waals surface area contributed by atoms with Crippen LogP contribution in [-0.2, 0) is 6.42 Å². The Balaban J connectivity index is 0.00000278. The van der Waals surface area contributed by atoms with Gasteiger partial charge in [-0.25, -0.2) is 0 Å². The number of carbonyl (C=O) groups excluding carboxylic acids is 1. The molecule has 2 aliphatic rings. The summed E-state index contributed by atoms with van der Waals surface area (Å²) in [5.41, 5.74) is 18.8. The number of carbonyl (C=O) groups is 1. The molecule has 0 fully saturated rings. The molecule has 67 heavy (non-hydrogen) atoms. The summed E-state index contributed by atoms with van der Waals surface area (Å²) in [7, 11) is 0. The summed E-state index contributed by atoms with van der Waals surface area (Å²) < 4.78 is 6.32. The van der Waals surface area contributed by atoms with Gasteiger partial charge in [0.2, 0.25) is 0 Å². The number of ether oxygens (including phenoxy) is 1. The van der Waals surface area contributed by atoms with Crippen molar-refractivity contribution < 1.29 is 9.53 Å². The minimum absolute atomic E-state index is 0.0652. The smallest absolute Gasteiger partial charge is 0.189 e. The second-order valence-electron chi connectivity index (χ2n) is 17.1. The number of hydrogen-bond donors (Lipinski definition) is 0. The lowest BCUT2D eigenvalue weighted by molar-refractivity contribution is 0.103. The zero-order valence-electron chi connectivity index (χ0n) is 39.1. The third-order valence-corrected chi connectivity index (χ3v) is 12.7. The van der Waals surface area contributed by atoms with Crippen LogP contribution in [0.2, 0.25) is 0 Å². The fourth-order valence-corrected chi connectivity index (χ4v) is 9.16. The van der Waals surface area contributed by atoms with Crippen LogP contribution in [0.1, 0.15) is 71.8 Å². The average Bonchev–Trinajstić information content (AvgIpc) is 3.38. The number of anilines is 6. The second kappa shape index (κ2) is 19.7. The van der Waals surface area contributed by atoms with E-state index in [9.17, 15) is 4.79 Å². The molecule has 0 atom stereocenters. The first-order chi connectivity index (χ1) is 32.8. The molecular formula is C63H56N2O2. The number of rotatable bonds is 11. The third kappa shape index (κ3) is 9.04. The third-order valence-electron chi connectivity index (χ3n) is 12.7. The number of Topliss-reactive ketones (excluding diaryl/α,β-unsaturated/α-hetero) is 1. The molecule has 8 aromatic rings. The van der Waals surface area contributed by atoms with E-state index in [2.05, 4.69) is 189 Å². The zero-order valence-corrected chi connectivity index (χ0v) is 39.1. The van der Waals surface area contributed by atoms with Gasteiger partial charge in [-0.3, -0.25) is 4.79 Å². The van der Waals surface area contributed by atoms with Gasteiger partial charge < -0.3 is 14.5 Å². The number of allylic oxidation sites excluding steroid dienone is 4. The number of benzene rings is 8. The highest BCUT2D eigenvalue weighted by Gasteiger charge is 2.27. The van der Waals surface area contributed by atoms with Crippen LogP contribution in [0.5, 0.6) is 11.5 Å². The maximum atomic E-state index is 15.0. The first kappa shape index (κ1) is 44.3. The van der Waals surface area contributed by atoms with E-state index in [1.807, 2.05) is 62.4 Å². The van der Waals surface area contributed by atoms with Crippen LogP contribution in [0.4, 0.5) is 34.1 Å². The van der Waals surface area contributed by atoms with Gasteiger partial charge in [0.15, 0.2) is 17.3 Å². The maximum Gasteiger partial charge on any atom is 0.189 e. The van der Waals surface area contributed by atoms with Gasteiger partial charge in [-0.05, 0) is 157 Å². The van der Waals surface area contributed by atoms with Crippen LogP contribution in [0.25, 0.3) is 28.3 Å². The van der Waals surface area contributed by atoms with Gasteiger partial charge in [0, 0.05) is 28.2 Å². The van der Waals surface area contributed by atoms with Gasteiger partial charge in [0.05, 0.1) is 17.1 Å². The van der Waals surface area contributed by atoms with E-state index in [0.717, 1.165) is 91.0 Å². The Morgan fingerprint density at radius 1 is 0.627 bits per heavy atom. The van der Waals surface area contributed by atoms with Crippen molar-refractivity contribution in [1.29, 1.82) is 0 Å². The van der Waals surface area contributed by atoms with E-state index in [-0.39, 0.29) is 5.78 Å². The fraction of sp³-hybridized carbons (Fsp3) is 0.127. The Hall–Kier alpha value is -7.95. The fourth-order valence-electron chi connectivity index (χ4n) is 9.16. The summed E-state index contributed by atoms with van der Waals surface area (Å²) >= 11 is 0. The molecule has 10 rings (SSSR count). The van der Waals surface area contributed by atoms with Gasteiger partial charge in [-0.1, -0.05) is 159 Å². The van der Waals surface area contributed by atoms with Crippen molar-refractivity contribution in [2.45, 2.75) is 53.9 Å². The number of para-hydroxylation sites is 6. The highest BCUT2D eigenvalue weighted by atomic mass is 16.5. The molecular weight excluding hydrogens is 817 g/mol. The van der Waals surface area contributed by atoms with Crippen LogP contribution >= 0.6 is 0 Å². The number of hydrogen-bond acceptors (Lipinski definition) is 4. The largest absolute Gasteiger partial charge is 0.453 e. The van der Waals surface area contributed by atoms with Crippen molar-refractivity contribution in [3.8, 4) is 33.8 Å². The Kier molecular flexibility index (Phi) is 13.0. The molecule has 0 radical (unpaired) electrons. The monoisotopic (exact) mass is 872 g/mol. The summed E-state index contributed by atoms with van der Waals surface area (Å²) in [4.78, 5) is 19.6. The molecule has 1 aliphatic heterocycles. The maximum absolute atomic E-state index is 15.0. The molecule has 330 valence electrons. The molecule has 0 amide bonds. The molecule has 0 spiro atoms. The minimum atomic E-state index is 0.0652. The highest BCUT2D eigenvalue weighted by Crippen LogP contribution is 2.50. The molecule has 8 aromatic carbocycles. The van der Waals surface area contributed by atoms with E-state index in [0.29, 0.717) is 18.4 Å². The quantitative estimate of drug-likeness (QED) is 0.121. The Labute approximate surface area is 396 Å². The molecule has 0 N–H and O–H groups in total. The molecule has 0 bridgehead atoms. The van der Waals surface area contributed by atoms with Crippen LogP contribution < -0.4 is 14.5 Å². The molecule has 0 aromatic heterocycles. The lowest BCUT2D eigenvalue weighted by Crippen LogP contribution is -2.15. The summed E-state index contributed by atoms with van der Waals surface area (Å²) in [6.45, 7) is 14.6. The summed E-state index contributed by atoms with van der Waals surface area (Å²) in [5, 5.41) is 0. The number of fused-ring (bicyclic) bond motifs is 2. The summed E-state index contributed by atoms with van der Waals surface area (Å²) in [5.74, 6) is 1.68. The standard InChI is InChI=1S/C61H50N2O2.C2H6/c1-5-45-15-7-9-17-56(45)62(55-16-8-6-14-43(55)4)50-34-30-46(31-35-50)52-40-54(61(64)48-28-24-42(3)25-29-48)53(39-49(52)38-44-26-22-41(2)23-27-44)47-32-36-51(37-33-47)63-57-18-10-12-20-59(57)65-60-21-13-11-19-58(60)63;1-2/h5-24,26-28,30-37,39-40H,1,25,29,38H2,2-4H3;1-2H3. The first-order valence-electron chi connectivity index (χ1n) is 23.4. The number of aryl methyl sites for hydroxylation is 2. The van der Waals surface area contributed by atoms with Gasteiger partial charge in [-0.15, -0.1) is 0 Å². The van der Waals surface area contributed by atoms with E-state index >= 15 is 0 Å². The summed E-state index contributed by atoms with van der Waals surface area (Å²) in [6, 6.07) is 63.8. The predicted octanol–water partition coefficient (Wildman–Crippen LogP) is 17.8. The molecule has 0 saturated carbocycles. The highest BCUT2D eigenvalue weighted by molar-refractivity contribution is 6.14. The minimum Gasteiger partial charge on any atom is -0.453 e. The van der Waals surface area contributed by atoms with Crippen molar-refractivity contribution in [1.82, 2.24) is 0 Å².